The standard InChI is InChI=1S/C23H18FN3O5/c1-31-16-10-14(11-17(12-16)32-2)26-22(29)19-20(28)18-4-3-9-25-21(18)27(23(19)30)15-7-5-13(24)6-8-15/h3-12,28H,1-2H3,(H,26,29). The summed E-state index contributed by atoms with van der Waals surface area (Å²) in [5.41, 5.74) is -0.590. The molecule has 162 valence electrons. The van der Waals surface area contributed by atoms with Crippen molar-refractivity contribution in [1.82, 2.24) is 9.55 Å². The summed E-state index contributed by atoms with van der Waals surface area (Å²) < 4.78 is 25.0. The van der Waals surface area contributed by atoms with Crippen molar-refractivity contribution < 1.29 is 23.8 Å². The second kappa shape index (κ2) is 8.38. The van der Waals surface area contributed by atoms with E-state index in [1.807, 2.05) is 0 Å². The maximum Gasteiger partial charge on any atom is 0.273 e. The van der Waals surface area contributed by atoms with Gasteiger partial charge in [0.25, 0.3) is 11.5 Å². The molecular weight excluding hydrogens is 417 g/mol. The molecule has 2 aromatic carbocycles. The van der Waals surface area contributed by atoms with Crippen LogP contribution in [0.4, 0.5) is 10.1 Å². The van der Waals surface area contributed by atoms with Gasteiger partial charge in [-0.1, -0.05) is 0 Å². The molecule has 4 rings (SSSR count). The maximum absolute atomic E-state index is 13.4. The van der Waals surface area contributed by atoms with Crippen LogP contribution in [0.5, 0.6) is 17.2 Å². The van der Waals surface area contributed by atoms with E-state index in [0.29, 0.717) is 17.2 Å². The number of carbonyl (C=O) groups is 1. The van der Waals surface area contributed by atoms with E-state index in [1.54, 1.807) is 24.3 Å². The Morgan fingerprint density at radius 3 is 2.34 bits per heavy atom. The van der Waals surface area contributed by atoms with Crippen molar-refractivity contribution in [2.75, 3.05) is 19.5 Å². The fourth-order valence-corrected chi connectivity index (χ4v) is 3.31. The monoisotopic (exact) mass is 435 g/mol. The van der Waals surface area contributed by atoms with Crippen LogP contribution in [0, 0.1) is 5.82 Å². The number of anilines is 1. The molecule has 0 aliphatic heterocycles. The molecule has 0 saturated heterocycles. The third-order valence-electron chi connectivity index (χ3n) is 4.83. The fourth-order valence-electron chi connectivity index (χ4n) is 3.31. The lowest BCUT2D eigenvalue weighted by atomic mass is 10.1. The number of methoxy groups -OCH3 is 2. The minimum atomic E-state index is -0.843. The van der Waals surface area contributed by atoms with E-state index < -0.39 is 28.6 Å². The van der Waals surface area contributed by atoms with Crippen molar-refractivity contribution in [3.05, 3.63) is 82.5 Å². The Kier molecular flexibility index (Phi) is 5.46. The lowest BCUT2D eigenvalue weighted by Crippen LogP contribution is -2.29. The van der Waals surface area contributed by atoms with Crippen LogP contribution >= 0.6 is 0 Å². The van der Waals surface area contributed by atoms with Crippen LogP contribution in [-0.4, -0.2) is 34.8 Å². The smallest absolute Gasteiger partial charge is 0.273 e. The quantitative estimate of drug-likeness (QED) is 0.498. The molecule has 0 unspecified atom stereocenters. The maximum atomic E-state index is 13.4. The molecule has 9 heteroatoms. The van der Waals surface area contributed by atoms with Crippen molar-refractivity contribution in [2.24, 2.45) is 0 Å². The molecule has 0 fully saturated rings. The predicted octanol–water partition coefficient (Wildman–Crippen LogP) is 3.50. The molecule has 0 atom stereocenters. The van der Waals surface area contributed by atoms with Crippen LogP contribution in [0.1, 0.15) is 10.4 Å². The van der Waals surface area contributed by atoms with E-state index in [4.69, 9.17) is 9.47 Å². The van der Waals surface area contributed by atoms with E-state index in [9.17, 15) is 19.1 Å². The minimum Gasteiger partial charge on any atom is -0.506 e. The highest BCUT2D eigenvalue weighted by Crippen LogP contribution is 2.29. The number of ether oxygens (including phenoxy) is 2. The Hall–Kier alpha value is -4.40. The van der Waals surface area contributed by atoms with Gasteiger partial charge in [0, 0.05) is 30.1 Å². The molecule has 0 saturated carbocycles. The lowest BCUT2D eigenvalue weighted by Gasteiger charge is -2.15. The number of amides is 1. The van der Waals surface area contributed by atoms with Crippen LogP contribution in [0.3, 0.4) is 0 Å². The van der Waals surface area contributed by atoms with Crippen molar-refractivity contribution >= 4 is 22.6 Å². The van der Waals surface area contributed by atoms with Gasteiger partial charge in [0.05, 0.1) is 25.3 Å². The summed E-state index contributed by atoms with van der Waals surface area (Å²) in [4.78, 5) is 30.6. The van der Waals surface area contributed by atoms with Gasteiger partial charge in [-0.2, -0.15) is 0 Å². The largest absolute Gasteiger partial charge is 0.506 e. The molecule has 2 aromatic heterocycles. The molecule has 1 amide bonds. The normalized spacial score (nSPS) is 10.7. The van der Waals surface area contributed by atoms with Crippen LogP contribution in [0.25, 0.3) is 16.7 Å². The molecule has 0 aliphatic rings. The summed E-state index contributed by atoms with van der Waals surface area (Å²) in [6.07, 6.45) is 1.45. The summed E-state index contributed by atoms with van der Waals surface area (Å²) in [5, 5.41) is 13.5. The van der Waals surface area contributed by atoms with Gasteiger partial charge in [-0.3, -0.25) is 14.2 Å². The van der Waals surface area contributed by atoms with E-state index in [1.165, 1.54) is 50.7 Å². The molecular formula is C23H18FN3O5. The van der Waals surface area contributed by atoms with Gasteiger partial charge in [-0.05, 0) is 36.4 Å². The number of pyridine rings is 2. The highest BCUT2D eigenvalue weighted by Gasteiger charge is 2.24. The van der Waals surface area contributed by atoms with E-state index in [-0.39, 0.29) is 16.7 Å². The molecule has 2 N–H and O–H groups in total. The molecule has 0 bridgehead atoms. The number of halogens is 1. The zero-order chi connectivity index (χ0) is 22.8. The number of nitrogens with zero attached hydrogens (tertiary/aromatic N) is 2. The van der Waals surface area contributed by atoms with E-state index in [2.05, 4.69) is 10.3 Å². The molecule has 4 aromatic rings. The summed E-state index contributed by atoms with van der Waals surface area (Å²) in [6.45, 7) is 0. The van der Waals surface area contributed by atoms with Crippen molar-refractivity contribution in [1.29, 1.82) is 0 Å². The Bertz CT molecular complexity index is 1360. The average molecular weight is 435 g/mol. The number of rotatable bonds is 5. The topological polar surface area (TPSA) is 103 Å². The SMILES string of the molecule is COc1cc(NC(=O)c2c(O)c3cccnc3n(-c3ccc(F)cc3)c2=O)cc(OC)c1. The predicted molar refractivity (Wildman–Crippen MR) is 116 cm³/mol. The first-order valence-corrected chi connectivity index (χ1v) is 9.46. The zero-order valence-electron chi connectivity index (χ0n) is 17.1. The number of aromatic hydroxyl groups is 1. The zero-order valence-corrected chi connectivity index (χ0v) is 17.1. The molecule has 2 heterocycles. The molecule has 0 aliphatic carbocycles. The average Bonchev–Trinajstić information content (AvgIpc) is 2.80. The van der Waals surface area contributed by atoms with E-state index in [0.717, 1.165) is 4.57 Å². The second-order valence-corrected chi connectivity index (χ2v) is 6.77. The van der Waals surface area contributed by atoms with Crippen LogP contribution in [-0.2, 0) is 0 Å². The van der Waals surface area contributed by atoms with Gasteiger partial charge in [-0.25, -0.2) is 9.37 Å². The summed E-state index contributed by atoms with van der Waals surface area (Å²) in [5.74, 6) is -0.985. The van der Waals surface area contributed by atoms with Gasteiger partial charge in [-0.15, -0.1) is 0 Å². The van der Waals surface area contributed by atoms with Gasteiger partial charge in [0.2, 0.25) is 0 Å². The molecule has 0 radical (unpaired) electrons. The third kappa shape index (κ3) is 3.71. The van der Waals surface area contributed by atoms with Crippen molar-refractivity contribution in [3.8, 4) is 22.9 Å². The van der Waals surface area contributed by atoms with Gasteiger partial charge in [0.1, 0.15) is 28.6 Å². The third-order valence-corrected chi connectivity index (χ3v) is 4.83. The summed E-state index contributed by atoms with van der Waals surface area (Å²) >= 11 is 0. The lowest BCUT2D eigenvalue weighted by molar-refractivity contribution is 0.102. The minimum absolute atomic E-state index is 0.126. The first kappa shape index (κ1) is 20.9. The first-order valence-electron chi connectivity index (χ1n) is 9.46. The number of hydrogen-bond donors (Lipinski definition) is 2. The van der Waals surface area contributed by atoms with Gasteiger partial charge < -0.3 is 19.9 Å². The Labute approximate surface area is 181 Å². The fraction of sp³-hybridized carbons (Fsp3) is 0.0870. The summed E-state index contributed by atoms with van der Waals surface area (Å²) in [7, 11) is 2.92. The van der Waals surface area contributed by atoms with Crippen LogP contribution in [0.2, 0.25) is 0 Å². The van der Waals surface area contributed by atoms with Gasteiger partial charge >= 0.3 is 0 Å². The first-order chi connectivity index (χ1) is 15.4. The number of carbonyl (C=O) groups excluding carboxylic acids is 1. The molecule has 0 spiro atoms. The Morgan fingerprint density at radius 1 is 1.06 bits per heavy atom. The number of hydrogen-bond acceptors (Lipinski definition) is 6. The van der Waals surface area contributed by atoms with Gasteiger partial charge in [0.15, 0.2) is 5.65 Å². The van der Waals surface area contributed by atoms with Crippen molar-refractivity contribution in [2.45, 2.75) is 0 Å². The number of nitrogens with one attached hydrogen (secondary N) is 1. The molecule has 8 nitrogen and oxygen atoms in total. The van der Waals surface area contributed by atoms with Crippen LogP contribution in [0.15, 0.2) is 65.6 Å². The molecule has 32 heavy (non-hydrogen) atoms. The highest BCUT2D eigenvalue weighted by atomic mass is 19.1. The number of benzene rings is 2. The summed E-state index contributed by atoms with van der Waals surface area (Å²) in [6, 6.07) is 12.9. The van der Waals surface area contributed by atoms with Crippen molar-refractivity contribution in [3.63, 3.8) is 0 Å². The Balaban J connectivity index is 1.89. The second-order valence-electron chi connectivity index (χ2n) is 6.77. The highest BCUT2D eigenvalue weighted by molar-refractivity contribution is 6.09. The van der Waals surface area contributed by atoms with Crippen LogP contribution < -0.4 is 20.3 Å². The number of aromatic nitrogens is 2. The number of fused-ring (bicyclic) bond motifs is 1. The Morgan fingerprint density at radius 2 is 1.72 bits per heavy atom. The van der Waals surface area contributed by atoms with E-state index >= 15 is 0 Å².